The molecule has 2 aromatic heterocycles. The number of hydrogen-bond donors (Lipinski definition) is 2. The van der Waals surface area contributed by atoms with Crippen LogP contribution in [0.25, 0.3) is 11.0 Å². The van der Waals surface area contributed by atoms with Crippen molar-refractivity contribution >= 4 is 17.0 Å². The Bertz CT molecular complexity index is 673. The number of fused-ring (bicyclic) bond motifs is 1. The predicted octanol–water partition coefficient (Wildman–Crippen LogP) is 0.551. The monoisotopic (exact) mass is 276 g/mol. The Labute approximate surface area is 117 Å². The first-order valence-electron chi connectivity index (χ1n) is 6.91. The Balaban J connectivity index is 1.91. The Hall–Kier alpha value is -1.89. The Morgan fingerprint density at radius 3 is 3.00 bits per heavy atom. The van der Waals surface area contributed by atoms with Gasteiger partial charge in [-0.1, -0.05) is 0 Å². The van der Waals surface area contributed by atoms with Gasteiger partial charge in [0, 0.05) is 19.1 Å². The maximum Gasteiger partial charge on any atom is 0.263 e. The average molecular weight is 276 g/mol. The topological polar surface area (TPSA) is 78.8 Å². The number of hydrogen-bond acceptors (Lipinski definition) is 5. The molecule has 1 aliphatic rings. The minimum atomic E-state index is -0.148. The highest BCUT2D eigenvalue weighted by Gasteiger charge is 2.29. The zero-order chi connectivity index (χ0) is 14.3. The molecule has 0 amide bonds. The summed E-state index contributed by atoms with van der Waals surface area (Å²) in [4.78, 5) is 21.5. The van der Waals surface area contributed by atoms with Gasteiger partial charge in [0.15, 0.2) is 5.65 Å². The van der Waals surface area contributed by atoms with Crippen LogP contribution in [0, 0.1) is 0 Å². The maximum absolute atomic E-state index is 12.0. The van der Waals surface area contributed by atoms with Crippen LogP contribution < -0.4 is 10.9 Å². The molecule has 108 valence electrons. The number of nitrogens with zero attached hydrogens (tertiary/aromatic N) is 4. The highest BCUT2D eigenvalue weighted by molar-refractivity contribution is 5.74. The first kappa shape index (κ1) is 13.1. The van der Waals surface area contributed by atoms with Gasteiger partial charge in [0.25, 0.3) is 5.56 Å². The summed E-state index contributed by atoms with van der Waals surface area (Å²) in [6.45, 7) is 0. The van der Waals surface area contributed by atoms with E-state index in [4.69, 9.17) is 0 Å². The molecule has 1 aliphatic carbocycles. The smallest absolute Gasteiger partial charge is 0.263 e. The molecule has 0 aliphatic heterocycles. The van der Waals surface area contributed by atoms with Crippen molar-refractivity contribution in [1.82, 2.24) is 24.6 Å². The van der Waals surface area contributed by atoms with Crippen LogP contribution in [0.5, 0.6) is 0 Å². The van der Waals surface area contributed by atoms with E-state index in [1.165, 1.54) is 12.8 Å². The Morgan fingerprint density at radius 1 is 1.45 bits per heavy atom. The van der Waals surface area contributed by atoms with Gasteiger partial charge in [-0.15, -0.1) is 0 Å². The van der Waals surface area contributed by atoms with Crippen molar-refractivity contribution in [2.45, 2.75) is 31.3 Å². The van der Waals surface area contributed by atoms with Gasteiger partial charge in [-0.05, 0) is 33.4 Å². The molecular weight excluding hydrogens is 256 g/mol. The molecule has 0 unspecified atom stereocenters. The second kappa shape index (κ2) is 4.90. The van der Waals surface area contributed by atoms with E-state index in [9.17, 15) is 4.79 Å². The average Bonchev–Trinajstić information content (AvgIpc) is 2.98. The molecule has 0 saturated heterocycles. The first-order valence-corrected chi connectivity index (χ1v) is 6.91. The van der Waals surface area contributed by atoms with Crippen molar-refractivity contribution in [2.24, 2.45) is 7.05 Å². The number of aryl methyl sites for hydroxylation is 1. The van der Waals surface area contributed by atoms with Crippen LogP contribution in [0.15, 0.2) is 11.0 Å². The number of H-pyrrole nitrogens is 1. The summed E-state index contributed by atoms with van der Waals surface area (Å²) in [5.41, 5.74) is 0.459. The highest BCUT2D eigenvalue weighted by atomic mass is 16.1. The van der Waals surface area contributed by atoms with E-state index < -0.39 is 0 Å². The van der Waals surface area contributed by atoms with Crippen molar-refractivity contribution in [3.63, 3.8) is 0 Å². The van der Waals surface area contributed by atoms with Gasteiger partial charge >= 0.3 is 0 Å². The Morgan fingerprint density at radius 2 is 2.25 bits per heavy atom. The fourth-order valence-corrected chi connectivity index (χ4v) is 3.00. The second-order valence-corrected chi connectivity index (χ2v) is 5.63. The van der Waals surface area contributed by atoms with Crippen LogP contribution in [0.4, 0.5) is 5.95 Å². The lowest BCUT2D eigenvalue weighted by Crippen LogP contribution is -2.39. The van der Waals surface area contributed by atoms with Crippen molar-refractivity contribution < 1.29 is 0 Å². The lowest BCUT2D eigenvalue weighted by Gasteiger charge is -2.26. The molecule has 0 aromatic carbocycles. The van der Waals surface area contributed by atoms with Crippen LogP contribution in [0.3, 0.4) is 0 Å². The van der Waals surface area contributed by atoms with E-state index in [-0.39, 0.29) is 5.56 Å². The van der Waals surface area contributed by atoms with Crippen molar-refractivity contribution in [3.8, 4) is 0 Å². The molecule has 0 bridgehead atoms. The number of nitrogens with one attached hydrogen (secondary N) is 2. The molecule has 1 fully saturated rings. The van der Waals surface area contributed by atoms with Crippen molar-refractivity contribution in [1.29, 1.82) is 0 Å². The third-order valence-corrected chi connectivity index (χ3v) is 4.07. The molecule has 0 radical (unpaired) electrons. The molecule has 2 atom stereocenters. The molecule has 2 N–H and O–H groups in total. The maximum atomic E-state index is 12.0. The molecule has 2 heterocycles. The van der Waals surface area contributed by atoms with Crippen molar-refractivity contribution in [3.05, 3.63) is 16.6 Å². The van der Waals surface area contributed by atoms with Crippen molar-refractivity contribution in [2.75, 3.05) is 19.4 Å². The standard InChI is InChI=1S/C13H20N6O/c1-18(2)10-6-4-5-9(10)15-13-16-11-8(12(20)17-13)7-14-19(11)3/h7,9-10H,4-6H2,1-3H3,(H2,15,16,17,20)/t9-,10-/m0/s1. The summed E-state index contributed by atoms with van der Waals surface area (Å²) in [5.74, 6) is 0.532. The van der Waals surface area contributed by atoms with Gasteiger partial charge < -0.3 is 10.2 Å². The zero-order valence-electron chi connectivity index (χ0n) is 12.1. The number of rotatable bonds is 3. The van der Waals surface area contributed by atoms with Crippen LogP contribution in [0.1, 0.15) is 19.3 Å². The van der Waals surface area contributed by atoms with E-state index in [0.717, 1.165) is 6.42 Å². The first-order chi connectivity index (χ1) is 9.56. The Kier molecular flexibility index (Phi) is 3.21. The molecule has 20 heavy (non-hydrogen) atoms. The normalized spacial score (nSPS) is 22.8. The molecule has 7 nitrogen and oxygen atoms in total. The SMILES string of the molecule is CN(C)[C@H]1CCC[C@@H]1Nc1nc2c(cnn2C)c(=O)[nH]1. The minimum absolute atomic E-state index is 0.148. The number of aromatic amines is 1. The summed E-state index contributed by atoms with van der Waals surface area (Å²) in [6.07, 6.45) is 5.00. The molecule has 7 heteroatoms. The van der Waals surface area contributed by atoms with E-state index in [1.807, 2.05) is 0 Å². The molecular formula is C13H20N6O. The van der Waals surface area contributed by atoms with E-state index in [2.05, 4.69) is 39.4 Å². The van der Waals surface area contributed by atoms with Crippen LogP contribution in [-0.2, 0) is 7.05 Å². The summed E-state index contributed by atoms with van der Waals surface area (Å²) in [6, 6.07) is 0.793. The lowest BCUT2D eigenvalue weighted by atomic mass is 10.1. The quantitative estimate of drug-likeness (QED) is 0.856. The summed E-state index contributed by atoms with van der Waals surface area (Å²) >= 11 is 0. The summed E-state index contributed by atoms with van der Waals surface area (Å²) in [5, 5.41) is 7.97. The second-order valence-electron chi connectivity index (χ2n) is 5.63. The van der Waals surface area contributed by atoms with Crippen LogP contribution in [0.2, 0.25) is 0 Å². The van der Waals surface area contributed by atoms with Gasteiger partial charge in [-0.25, -0.2) is 0 Å². The zero-order valence-corrected chi connectivity index (χ0v) is 12.1. The van der Waals surface area contributed by atoms with Gasteiger partial charge in [0.05, 0.1) is 6.20 Å². The predicted molar refractivity (Wildman–Crippen MR) is 77.9 cm³/mol. The van der Waals surface area contributed by atoms with E-state index >= 15 is 0 Å². The summed E-state index contributed by atoms with van der Waals surface area (Å²) < 4.78 is 1.62. The van der Waals surface area contributed by atoms with Gasteiger partial charge in [-0.3, -0.25) is 14.5 Å². The lowest BCUT2D eigenvalue weighted by molar-refractivity contribution is 0.284. The van der Waals surface area contributed by atoms with Crippen LogP contribution in [-0.4, -0.2) is 50.8 Å². The number of aromatic nitrogens is 4. The highest BCUT2D eigenvalue weighted by Crippen LogP contribution is 2.24. The third kappa shape index (κ3) is 2.18. The van der Waals surface area contributed by atoms with E-state index in [0.29, 0.717) is 29.1 Å². The number of anilines is 1. The van der Waals surface area contributed by atoms with Gasteiger partial charge in [0.1, 0.15) is 5.39 Å². The van der Waals surface area contributed by atoms with Crippen LogP contribution >= 0.6 is 0 Å². The largest absolute Gasteiger partial charge is 0.351 e. The molecule has 2 aromatic rings. The van der Waals surface area contributed by atoms with E-state index in [1.54, 1.807) is 17.9 Å². The number of likely N-dealkylation sites (N-methyl/N-ethyl adjacent to an activating group) is 1. The van der Waals surface area contributed by atoms with Gasteiger partial charge in [-0.2, -0.15) is 10.1 Å². The third-order valence-electron chi connectivity index (χ3n) is 4.07. The fourth-order valence-electron chi connectivity index (χ4n) is 3.00. The minimum Gasteiger partial charge on any atom is -0.351 e. The molecule has 0 spiro atoms. The van der Waals surface area contributed by atoms with Gasteiger partial charge in [0.2, 0.25) is 5.95 Å². The molecule has 3 rings (SSSR count). The fraction of sp³-hybridized carbons (Fsp3) is 0.615. The molecule has 1 saturated carbocycles. The summed E-state index contributed by atoms with van der Waals surface area (Å²) in [7, 11) is 5.97.